The van der Waals surface area contributed by atoms with Crippen LogP contribution >= 0.6 is 39.5 Å². The molecule has 4 rings (SSSR count). The van der Waals surface area contributed by atoms with Crippen LogP contribution in [0.1, 0.15) is 21.5 Å². The van der Waals surface area contributed by atoms with Crippen LogP contribution in [0.3, 0.4) is 0 Å². The fourth-order valence-electron chi connectivity index (χ4n) is 3.26. The van der Waals surface area contributed by atoms with Gasteiger partial charge in [-0.1, -0.05) is 47.7 Å². The van der Waals surface area contributed by atoms with E-state index in [1.165, 1.54) is 18.4 Å². The number of amides is 1. The number of hydrogen-bond acceptors (Lipinski definition) is 5. The molecule has 0 spiro atoms. The smallest absolute Gasteiger partial charge is 0.261 e. The van der Waals surface area contributed by atoms with Crippen molar-refractivity contribution < 1.29 is 9.53 Å². The third-order valence-electron chi connectivity index (χ3n) is 4.78. The predicted molar refractivity (Wildman–Crippen MR) is 131 cm³/mol. The zero-order valence-electron chi connectivity index (χ0n) is 16.5. The number of fused-ring (bicyclic) bond motifs is 2. The quantitative estimate of drug-likeness (QED) is 0.340. The lowest BCUT2D eigenvalue weighted by Crippen LogP contribution is -2.34. The molecule has 152 valence electrons. The van der Waals surface area contributed by atoms with Gasteiger partial charge < -0.3 is 10.1 Å². The Kier molecular flexibility index (Phi) is 5.73. The van der Waals surface area contributed by atoms with Gasteiger partial charge in [-0.3, -0.25) is 10.1 Å². The van der Waals surface area contributed by atoms with E-state index in [0.717, 1.165) is 36.6 Å². The second-order valence-corrected chi connectivity index (χ2v) is 9.00. The number of carbonyl (C=O) groups is 1. The van der Waals surface area contributed by atoms with E-state index in [9.17, 15) is 4.79 Å². The first-order chi connectivity index (χ1) is 14.4. The molecule has 0 saturated carbocycles. The molecule has 5 nitrogen and oxygen atoms in total. The number of ether oxygens (including phenoxy) is 1. The predicted octanol–water partition coefficient (Wildman–Crippen LogP) is 5.96. The Labute approximate surface area is 191 Å². The molecule has 1 amide bonds. The van der Waals surface area contributed by atoms with Crippen LogP contribution in [0.15, 0.2) is 46.9 Å². The lowest BCUT2D eigenvalue weighted by atomic mass is 10.1. The highest BCUT2D eigenvalue weighted by molar-refractivity contribution is 9.10. The number of benzene rings is 3. The summed E-state index contributed by atoms with van der Waals surface area (Å²) in [5.41, 5.74) is 3.59. The molecule has 30 heavy (non-hydrogen) atoms. The van der Waals surface area contributed by atoms with Crippen molar-refractivity contribution in [1.29, 1.82) is 0 Å². The number of thiocarbonyl (C=S) groups is 1. The Morgan fingerprint density at radius 1 is 1.17 bits per heavy atom. The van der Waals surface area contributed by atoms with E-state index in [2.05, 4.69) is 37.6 Å². The number of thiazole rings is 1. The van der Waals surface area contributed by atoms with Crippen LogP contribution in [0.25, 0.3) is 21.0 Å². The minimum atomic E-state index is -0.357. The first-order valence-corrected chi connectivity index (χ1v) is 11.1. The molecule has 0 aliphatic rings. The summed E-state index contributed by atoms with van der Waals surface area (Å²) >= 11 is 10.4. The number of methoxy groups -OCH3 is 1. The molecule has 8 heteroatoms. The van der Waals surface area contributed by atoms with Crippen molar-refractivity contribution in [3.05, 3.63) is 63.6 Å². The first kappa shape index (κ1) is 20.7. The second-order valence-electron chi connectivity index (χ2n) is 6.80. The molecule has 0 aliphatic carbocycles. The Balaban J connectivity index is 1.59. The first-order valence-electron chi connectivity index (χ1n) is 9.13. The average Bonchev–Trinajstić information content (AvgIpc) is 3.15. The highest BCUT2D eigenvalue weighted by Crippen LogP contribution is 2.36. The van der Waals surface area contributed by atoms with E-state index in [-0.39, 0.29) is 11.0 Å². The summed E-state index contributed by atoms with van der Waals surface area (Å²) in [5, 5.41) is 8.47. The van der Waals surface area contributed by atoms with Crippen molar-refractivity contribution in [3.63, 3.8) is 0 Å². The zero-order valence-corrected chi connectivity index (χ0v) is 19.7. The number of nitrogens with one attached hydrogen (secondary N) is 2. The topological polar surface area (TPSA) is 63.2 Å². The molecule has 3 aromatic carbocycles. The summed E-state index contributed by atoms with van der Waals surface area (Å²) in [6.07, 6.45) is 0. The molecule has 0 unspecified atom stereocenters. The number of nitrogens with zero attached hydrogens (tertiary/aromatic N) is 1. The van der Waals surface area contributed by atoms with Gasteiger partial charge in [0.1, 0.15) is 5.75 Å². The van der Waals surface area contributed by atoms with Gasteiger partial charge in [-0.15, -0.1) is 0 Å². The molecule has 0 atom stereocenters. The third-order valence-corrected chi connectivity index (χ3v) is 6.88. The second kappa shape index (κ2) is 8.29. The SMILES string of the molecule is COc1c(C(=O)NC(=S)Nc2nc3c(C)ccc(C)c3s2)cc2ccccc2c1Br. The Morgan fingerprint density at radius 3 is 2.63 bits per heavy atom. The number of anilines is 1. The van der Waals surface area contributed by atoms with Crippen LogP contribution in [-0.2, 0) is 0 Å². The molecular formula is C22H18BrN3O2S2. The van der Waals surface area contributed by atoms with Gasteiger partial charge in [-0.25, -0.2) is 4.98 Å². The zero-order chi connectivity index (χ0) is 21.4. The maximum Gasteiger partial charge on any atom is 0.261 e. The van der Waals surface area contributed by atoms with E-state index in [0.29, 0.717) is 16.4 Å². The lowest BCUT2D eigenvalue weighted by Gasteiger charge is -2.14. The summed E-state index contributed by atoms with van der Waals surface area (Å²) < 4.78 is 7.32. The highest BCUT2D eigenvalue weighted by atomic mass is 79.9. The van der Waals surface area contributed by atoms with E-state index in [1.54, 1.807) is 6.07 Å². The molecule has 1 aromatic heterocycles. The molecule has 0 aliphatic heterocycles. The van der Waals surface area contributed by atoms with Gasteiger partial charge in [0.25, 0.3) is 5.91 Å². The summed E-state index contributed by atoms with van der Waals surface area (Å²) in [7, 11) is 1.54. The lowest BCUT2D eigenvalue weighted by molar-refractivity contribution is 0.0975. The van der Waals surface area contributed by atoms with Gasteiger partial charge in [0.15, 0.2) is 10.2 Å². The van der Waals surface area contributed by atoms with Crippen molar-refractivity contribution in [2.45, 2.75) is 13.8 Å². The van der Waals surface area contributed by atoms with Gasteiger partial charge in [-0.2, -0.15) is 0 Å². The van der Waals surface area contributed by atoms with E-state index in [4.69, 9.17) is 17.0 Å². The fourth-order valence-corrected chi connectivity index (χ4v) is 5.27. The van der Waals surface area contributed by atoms with Crippen LogP contribution in [0, 0.1) is 13.8 Å². The normalized spacial score (nSPS) is 10.9. The van der Waals surface area contributed by atoms with Crippen LogP contribution in [0.5, 0.6) is 5.75 Å². The Bertz CT molecular complexity index is 1280. The number of hydrogen-bond donors (Lipinski definition) is 2. The van der Waals surface area contributed by atoms with E-state index >= 15 is 0 Å². The molecule has 0 bridgehead atoms. The van der Waals surface area contributed by atoms with E-state index < -0.39 is 0 Å². The van der Waals surface area contributed by atoms with Gasteiger partial charge in [0.2, 0.25) is 0 Å². The average molecular weight is 500 g/mol. The molecule has 0 radical (unpaired) electrons. The number of carbonyl (C=O) groups excluding carboxylic acids is 1. The van der Waals surface area contributed by atoms with Crippen molar-refractivity contribution >= 4 is 76.6 Å². The number of aromatic nitrogens is 1. The molecule has 1 heterocycles. The van der Waals surface area contributed by atoms with Gasteiger partial charge in [0, 0.05) is 0 Å². The van der Waals surface area contributed by atoms with Gasteiger partial charge >= 0.3 is 0 Å². The maximum atomic E-state index is 12.9. The maximum absolute atomic E-state index is 12.9. The number of halogens is 1. The minimum Gasteiger partial charge on any atom is -0.495 e. The number of rotatable bonds is 3. The molecule has 0 saturated heterocycles. The van der Waals surface area contributed by atoms with Crippen molar-refractivity contribution in [2.75, 3.05) is 12.4 Å². The summed E-state index contributed by atoms with van der Waals surface area (Å²) in [5.74, 6) is 0.101. The van der Waals surface area contributed by atoms with Gasteiger partial charge in [0.05, 0.1) is 27.4 Å². The van der Waals surface area contributed by atoms with Crippen LogP contribution in [0.4, 0.5) is 5.13 Å². The van der Waals surface area contributed by atoms with Crippen LogP contribution < -0.4 is 15.4 Å². The van der Waals surface area contributed by atoms with E-state index in [1.807, 2.05) is 44.2 Å². The fraction of sp³-hybridized carbons (Fsp3) is 0.136. The molecular weight excluding hydrogens is 482 g/mol. The molecule has 0 fully saturated rings. The van der Waals surface area contributed by atoms with Crippen molar-refractivity contribution in [1.82, 2.24) is 10.3 Å². The molecule has 4 aromatic rings. The Morgan fingerprint density at radius 2 is 1.90 bits per heavy atom. The standard InChI is InChI=1S/C22H18BrN3O2S2/c1-11-8-9-12(2)19-17(11)24-22(30-19)26-21(29)25-20(27)15-10-13-6-4-5-7-14(13)16(23)18(15)28-3/h4-10H,1-3H3,(H2,24,25,26,27,29). The highest BCUT2D eigenvalue weighted by Gasteiger charge is 2.19. The van der Waals surface area contributed by atoms with Crippen LogP contribution in [-0.4, -0.2) is 23.1 Å². The monoisotopic (exact) mass is 499 g/mol. The summed E-state index contributed by atoms with van der Waals surface area (Å²) in [6.45, 7) is 4.07. The Hall–Kier alpha value is -2.55. The third kappa shape index (κ3) is 3.78. The van der Waals surface area contributed by atoms with Crippen LogP contribution in [0.2, 0.25) is 0 Å². The minimum absolute atomic E-state index is 0.181. The van der Waals surface area contributed by atoms with Gasteiger partial charge in [-0.05, 0) is 70.0 Å². The molecule has 2 N–H and O–H groups in total. The number of aryl methyl sites for hydroxylation is 2. The van der Waals surface area contributed by atoms with Crippen molar-refractivity contribution in [3.8, 4) is 5.75 Å². The summed E-state index contributed by atoms with van der Waals surface area (Å²) in [4.78, 5) is 17.6. The largest absolute Gasteiger partial charge is 0.495 e. The summed E-state index contributed by atoms with van der Waals surface area (Å²) in [6, 6.07) is 13.7. The van der Waals surface area contributed by atoms with Crippen molar-refractivity contribution in [2.24, 2.45) is 0 Å².